The zero-order valence-electron chi connectivity index (χ0n) is 10.9. The van der Waals surface area contributed by atoms with Crippen molar-refractivity contribution in [3.8, 4) is 0 Å². The second-order valence-electron chi connectivity index (χ2n) is 4.99. The lowest BCUT2D eigenvalue weighted by Crippen LogP contribution is -2.19. The van der Waals surface area contributed by atoms with Gasteiger partial charge in [0.25, 0.3) is 0 Å². The van der Waals surface area contributed by atoms with Crippen LogP contribution in [0.25, 0.3) is 0 Å². The van der Waals surface area contributed by atoms with Crippen LogP contribution in [0.4, 0.5) is 10.2 Å². The molecular weight excluding hydrogens is 241 g/mol. The molecule has 1 heterocycles. The van der Waals surface area contributed by atoms with Gasteiger partial charge in [0.2, 0.25) is 0 Å². The van der Waals surface area contributed by atoms with Gasteiger partial charge in [-0.2, -0.15) is 0 Å². The lowest BCUT2D eigenvalue weighted by atomic mass is 10.2. The Morgan fingerprint density at radius 1 is 1.26 bits per heavy atom. The molecule has 1 aromatic heterocycles. The van der Waals surface area contributed by atoms with E-state index in [4.69, 9.17) is 0 Å². The molecule has 0 amide bonds. The molecule has 3 nitrogen and oxygen atoms in total. The van der Waals surface area contributed by atoms with E-state index >= 15 is 0 Å². The first-order chi connectivity index (χ1) is 9.24. The van der Waals surface area contributed by atoms with E-state index in [9.17, 15) is 4.39 Å². The maximum atomic E-state index is 13.6. The minimum Gasteiger partial charge on any atom is -0.355 e. The van der Waals surface area contributed by atoms with Crippen LogP contribution < -0.4 is 4.90 Å². The summed E-state index contributed by atoms with van der Waals surface area (Å²) in [5.41, 5.74) is 0.677. The normalized spacial score (nSPS) is 14.4. The third-order valence-electron chi connectivity index (χ3n) is 3.36. The van der Waals surface area contributed by atoms with E-state index in [1.165, 1.54) is 18.9 Å². The van der Waals surface area contributed by atoms with Crippen molar-refractivity contribution in [1.82, 2.24) is 9.97 Å². The Balaban J connectivity index is 1.78. The van der Waals surface area contributed by atoms with Crippen molar-refractivity contribution in [3.05, 3.63) is 53.7 Å². The number of rotatable bonds is 4. The van der Waals surface area contributed by atoms with E-state index in [0.29, 0.717) is 18.0 Å². The van der Waals surface area contributed by atoms with Gasteiger partial charge in [-0.15, -0.1) is 0 Å². The first kappa shape index (κ1) is 12.1. The number of hydrogen-bond donors (Lipinski definition) is 0. The average molecular weight is 257 g/mol. The fourth-order valence-electron chi connectivity index (χ4n) is 2.08. The molecule has 1 saturated carbocycles. The molecule has 0 radical (unpaired) electrons. The highest BCUT2D eigenvalue weighted by atomic mass is 19.1. The van der Waals surface area contributed by atoms with Gasteiger partial charge in [0.1, 0.15) is 17.5 Å². The first-order valence-electron chi connectivity index (χ1n) is 6.51. The highest BCUT2D eigenvalue weighted by Crippen LogP contribution is 2.38. The zero-order chi connectivity index (χ0) is 13.2. The van der Waals surface area contributed by atoms with Crippen LogP contribution in [0.2, 0.25) is 0 Å². The van der Waals surface area contributed by atoms with Crippen molar-refractivity contribution in [2.24, 2.45) is 0 Å². The molecule has 1 aliphatic rings. The summed E-state index contributed by atoms with van der Waals surface area (Å²) in [4.78, 5) is 10.8. The highest BCUT2D eigenvalue weighted by Gasteiger charge is 2.26. The number of nitrogens with zero attached hydrogens (tertiary/aromatic N) is 3. The molecule has 0 atom stereocenters. The topological polar surface area (TPSA) is 29.0 Å². The van der Waals surface area contributed by atoms with Crippen molar-refractivity contribution < 1.29 is 4.39 Å². The molecule has 19 heavy (non-hydrogen) atoms. The number of aromatic nitrogens is 2. The molecule has 0 bridgehead atoms. The van der Waals surface area contributed by atoms with E-state index in [0.717, 1.165) is 11.6 Å². The van der Waals surface area contributed by atoms with Crippen LogP contribution in [0.3, 0.4) is 0 Å². The fraction of sp³-hybridized carbons (Fsp3) is 0.333. The van der Waals surface area contributed by atoms with Crippen molar-refractivity contribution in [3.63, 3.8) is 0 Å². The molecule has 1 aromatic carbocycles. The number of hydrogen-bond acceptors (Lipinski definition) is 3. The van der Waals surface area contributed by atoms with Crippen LogP contribution in [0.1, 0.15) is 30.1 Å². The summed E-state index contributed by atoms with van der Waals surface area (Å²) in [6.45, 7) is 0.508. The maximum absolute atomic E-state index is 13.6. The summed E-state index contributed by atoms with van der Waals surface area (Å²) in [5, 5.41) is 0. The van der Waals surface area contributed by atoms with Gasteiger partial charge in [-0.1, -0.05) is 18.2 Å². The van der Waals surface area contributed by atoms with Gasteiger partial charge in [0.05, 0.1) is 0 Å². The van der Waals surface area contributed by atoms with Crippen molar-refractivity contribution in [2.75, 3.05) is 11.9 Å². The fourth-order valence-corrected chi connectivity index (χ4v) is 2.08. The molecule has 4 heteroatoms. The van der Waals surface area contributed by atoms with Crippen LogP contribution >= 0.6 is 0 Å². The minimum atomic E-state index is -0.175. The molecule has 0 unspecified atom stereocenters. The van der Waals surface area contributed by atoms with Gasteiger partial charge in [-0.25, -0.2) is 14.4 Å². The van der Waals surface area contributed by atoms with E-state index < -0.39 is 0 Å². The highest BCUT2D eigenvalue weighted by molar-refractivity contribution is 5.38. The Labute approximate surface area is 112 Å². The Kier molecular flexibility index (Phi) is 3.15. The van der Waals surface area contributed by atoms with Gasteiger partial charge in [-0.3, -0.25) is 0 Å². The summed E-state index contributed by atoms with van der Waals surface area (Å²) in [7, 11) is 1.92. The standard InChI is InChI=1S/C15H16FN3/c1-19(10-12-4-2-3-5-13(12)16)14-8-9-17-15(18-14)11-6-7-11/h2-5,8-9,11H,6-7,10H2,1H3. The third-order valence-corrected chi connectivity index (χ3v) is 3.36. The molecule has 1 fully saturated rings. The van der Waals surface area contributed by atoms with Crippen LogP contribution in [-0.4, -0.2) is 17.0 Å². The summed E-state index contributed by atoms with van der Waals surface area (Å²) in [6, 6.07) is 8.71. The Bertz CT molecular complexity index is 581. The van der Waals surface area contributed by atoms with E-state index in [1.807, 2.05) is 24.1 Å². The molecule has 3 rings (SSSR count). The summed E-state index contributed by atoms with van der Waals surface area (Å²) in [5.74, 6) is 2.12. The molecule has 0 spiro atoms. The second-order valence-corrected chi connectivity index (χ2v) is 4.99. The molecular formula is C15H16FN3. The maximum Gasteiger partial charge on any atom is 0.133 e. The summed E-state index contributed by atoms with van der Waals surface area (Å²) in [6.07, 6.45) is 4.15. The summed E-state index contributed by atoms with van der Waals surface area (Å²) >= 11 is 0. The molecule has 1 aliphatic carbocycles. The Hall–Kier alpha value is -1.97. The minimum absolute atomic E-state index is 0.175. The molecule has 0 aliphatic heterocycles. The molecule has 2 aromatic rings. The smallest absolute Gasteiger partial charge is 0.133 e. The Morgan fingerprint density at radius 2 is 2.05 bits per heavy atom. The van der Waals surface area contributed by atoms with Crippen LogP contribution in [-0.2, 0) is 6.54 Å². The molecule has 0 N–H and O–H groups in total. The van der Waals surface area contributed by atoms with E-state index in [2.05, 4.69) is 9.97 Å². The largest absolute Gasteiger partial charge is 0.355 e. The number of benzene rings is 1. The predicted molar refractivity (Wildman–Crippen MR) is 72.5 cm³/mol. The van der Waals surface area contributed by atoms with Gasteiger partial charge in [0.15, 0.2) is 0 Å². The quantitative estimate of drug-likeness (QED) is 0.842. The third kappa shape index (κ3) is 2.72. The van der Waals surface area contributed by atoms with Crippen molar-refractivity contribution in [1.29, 1.82) is 0 Å². The number of halogens is 1. The van der Waals surface area contributed by atoms with E-state index in [-0.39, 0.29) is 5.82 Å². The zero-order valence-corrected chi connectivity index (χ0v) is 10.9. The lowest BCUT2D eigenvalue weighted by Gasteiger charge is -2.18. The van der Waals surface area contributed by atoms with Crippen LogP contribution in [0, 0.1) is 5.82 Å². The van der Waals surface area contributed by atoms with Gasteiger partial charge < -0.3 is 4.90 Å². The van der Waals surface area contributed by atoms with Crippen molar-refractivity contribution >= 4 is 5.82 Å². The van der Waals surface area contributed by atoms with Crippen LogP contribution in [0.5, 0.6) is 0 Å². The first-order valence-corrected chi connectivity index (χ1v) is 6.51. The number of anilines is 1. The summed E-state index contributed by atoms with van der Waals surface area (Å²) < 4.78 is 13.6. The van der Waals surface area contributed by atoms with Crippen molar-refractivity contribution in [2.45, 2.75) is 25.3 Å². The average Bonchev–Trinajstić information content (AvgIpc) is 3.26. The van der Waals surface area contributed by atoms with Gasteiger partial charge in [0, 0.05) is 31.3 Å². The predicted octanol–water partition coefficient (Wildman–Crippen LogP) is 3.13. The van der Waals surface area contributed by atoms with E-state index in [1.54, 1.807) is 18.3 Å². The monoisotopic (exact) mass is 257 g/mol. The molecule has 0 saturated heterocycles. The van der Waals surface area contributed by atoms with Crippen LogP contribution in [0.15, 0.2) is 36.5 Å². The molecule has 98 valence electrons. The van der Waals surface area contributed by atoms with Gasteiger partial charge in [-0.05, 0) is 25.0 Å². The Morgan fingerprint density at radius 3 is 2.79 bits per heavy atom. The lowest BCUT2D eigenvalue weighted by molar-refractivity contribution is 0.607. The second kappa shape index (κ2) is 4.96. The van der Waals surface area contributed by atoms with Gasteiger partial charge >= 0.3 is 0 Å². The SMILES string of the molecule is CN(Cc1ccccc1F)c1ccnc(C2CC2)n1.